The van der Waals surface area contributed by atoms with Crippen LogP contribution in [-0.4, -0.2) is 29.0 Å². The van der Waals surface area contributed by atoms with Gasteiger partial charge in [0.15, 0.2) is 0 Å². The van der Waals surface area contributed by atoms with Crippen molar-refractivity contribution in [3.63, 3.8) is 0 Å². The third kappa shape index (κ3) is 2.84. The van der Waals surface area contributed by atoms with Crippen molar-refractivity contribution in [1.82, 2.24) is 0 Å². The van der Waals surface area contributed by atoms with E-state index in [0.29, 0.717) is 11.3 Å². The van der Waals surface area contributed by atoms with Gasteiger partial charge in [0.2, 0.25) is 0 Å². The van der Waals surface area contributed by atoms with E-state index in [1.807, 2.05) is 0 Å². The first-order valence-electron chi connectivity index (χ1n) is 4.84. The van der Waals surface area contributed by atoms with Crippen LogP contribution in [0.5, 0.6) is 5.75 Å². The summed E-state index contributed by atoms with van der Waals surface area (Å²) in [5.41, 5.74) is -0.282. The zero-order chi connectivity index (χ0) is 13.0. The standard InChI is InChI=1S/C12H13NO4/c1-7(13)10(12(15)16)11(14)8-3-5-9(17-2)6-4-8/h3-6,13-14H,1-2H3,(H,15,16)/b11-10+,13-7?. The maximum atomic E-state index is 10.9. The number of hydrogen-bond donors (Lipinski definition) is 3. The fraction of sp³-hybridized carbons (Fsp3) is 0.167. The lowest BCUT2D eigenvalue weighted by Gasteiger charge is -2.06. The Bertz CT molecular complexity index is 458. The lowest BCUT2D eigenvalue weighted by atomic mass is 10.1. The molecule has 17 heavy (non-hydrogen) atoms. The third-order valence-electron chi connectivity index (χ3n) is 2.19. The molecule has 5 heteroatoms. The van der Waals surface area contributed by atoms with Crippen LogP contribution in [-0.2, 0) is 4.79 Å². The molecule has 0 saturated carbocycles. The molecular weight excluding hydrogens is 222 g/mol. The van der Waals surface area contributed by atoms with E-state index in [0.717, 1.165) is 0 Å². The Kier molecular flexibility index (Phi) is 3.87. The van der Waals surface area contributed by atoms with Crippen molar-refractivity contribution in [3.8, 4) is 5.75 Å². The second-order valence-electron chi connectivity index (χ2n) is 3.38. The van der Waals surface area contributed by atoms with Crippen LogP contribution in [0.1, 0.15) is 12.5 Å². The van der Waals surface area contributed by atoms with Gasteiger partial charge >= 0.3 is 5.97 Å². The number of carboxylic acids is 1. The van der Waals surface area contributed by atoms with Crippen LogP contribution in [0, 0.1) is 5.41 Å². The van der Waals surface area contributed by atoms with Crippen LogP contribution < -0.4 is 4.74 Å². The minimum atomic E-state index is -1.33. The Morgan fingerprint density at radius 1 is 1.24 bits per heavy atom. The summed E-state index contributed by atoms with van der Waals surface area (Å²) in [5.74, 6) is -1.15. The topological polar surface area (TPSA) is 90.6 Å². The number of rotatable bonds is 4. The zero-order valence-corrected chi connectivity index (χ0v) is 9.52. The van der Waals surface area contributed by atoms with Crippen molar-refractivity contribution in [2.75, 3.05) is 7.11 Å². The van der Waals surface area contributed by atoms with E-state index in [9.17, 15) is 9.90 Å². The van der Waals surface area contributed by atoms with Crippen molar-refractivity contribution < 1.29 is 19.7 Å². The molecule has 0 unspecified atom stereocenters. The summed E-state index contributed by atoms with van der Waals surface area (Å²) in [6.45, 7) is 1.31. The fourth-order valence-electron chi connectivity index (χ4n) is 1.33. The molecule has 3 N–H and O–H groups in total. The number of nitrogens with one attached hydrogen (secondary N) is 1. The molecule has 90 valence electrons. The summed E-state index contributed by atoms with van der Waals surface area (Å²) in [6.07, 6.45) is 0. The van der Waals surface area contributed by atoms with Crippen LogP contribution in [0.25, 0.3) is 5.76 Å². The van der Waals surface area contributed by atoms with Gasteiger partial charge in [0.25, 0.3) is 0 Å². The van der Waals surface area contributed by atoms with E-state index in [1.54, 1.807) is 12.1 Å². The Labute approximate surface area is 98.5 Å². The lowest BCUT2D eigenvalue weighted by molar-refractivity contribution is -0.132. The van der Waals surface area contributed by atoms with Gasteiger partial charge in [-0.2, -0.15) is 0 Å². The average Bonchev–Trinajstić information content (AvgIpc) is 2.28. The number of aliphatic hydroxyl groups is 1. The van der Waals surface area contributed by atoms with Crippen molar-refractivity contribution in [2.24, 2.45) is 0 Å². The highest BCUT2D eigenvalue weighted by Gasteiger charge is 2.17. The summed E-state index contributed by atoms with van der Waals surface area (Å²) in [6, 6.07) is 6.26. The predicted octanol–water partition coefficient (Wildman–Crippen LogP) is 2.09. The Morgan fingerprint density at radius 2 is 1.76 bits per heavy atom. The summed E-state index contributed by atoms with van der Waals surface area (Å²) in [4.78, 5) is 10.9. The Balaban J connectivity index is 3.24. The van der Waals surface area contributed by atoms with E-state index in [4.69, 9.17) is 15.3 Å². The van der Waals surface area contributed by atoms with E-state index in [1.165, 1.54) is 26.2 Å². The largest absolute Gasteiger partial charge is 0.506 e. The number of hydrogen-bond acceptors (Lipinski definition) is 4. The molecule has 0 radical (unpaired) electrons. The highest BCUT2D eigenvalue weighted by molar-refractivity contribution is 6.21. The van der Waals surface area contributed by atoms with Crippen LogP contribution in [0.15, 0.2) is 29.8 Å². The van der Waals surface area contributed by atoms with Crippen LogP contribution in [0.2, 0.25) is 0 Å². The molecule has 0 amide bonds. The minimum Gasteiger partial charge on any atom is -0.506 e. The maximum absolute atomic E-state index is 10.9. The summed E-state index contributed by atoms with van der Waals surface area (Å²) in [5, 5.41) is 26.0. The molecular formula is C12H13NO4. The molecule has 5 nitrogen and oxygen atoms in total. The number of aliphatic carboxylic acids is 1. The molecule has 0 aliphatic heterocycles. The average molecular weight is 235 g/mol. The second kappa shape index (κ2) is 5.16. The number of aliphatic hydroxyl groups excluding tert-OH is 1. The molecule has 0 aromatic heterocycles. The third-order valence-corrected chi connectivity index (χ3v) is 2.19. The number of carbonyl (C=O) groups is 1. The number of methoxy groups -OCH3 is 1. The highest BCUT2D eigenvalue weighted by Crippen LogP contribution is 2.20. The molecule has 0 spiro atoms. The number of ether oxygens (including phenoxy) is 1. The van der Waals surface area contributed by atoms with Gasteiger partial charge in [-0.25, -0.2) is 4.79 Å². The Morgan fingerprint density at radius 3 is 2.12 bits per heavy atom. The van der Waals surface area contributed by atoms with Gasteiger partial charge in [0, 0.05) is 11.3 Å². The van der Waals surface area contributed by atoms with E-state index in [-0.39, 0.29) is 5.71 Å². The molecule has 1 aromatic rings. The van der Waals surface area contributed by atoms with Gasteiger partial charge in [-0.05, 0) is 31.2 Å². The minimum absolute atomic E-state index is 0.203. The van der Waals surface area contributed by atoms with Crippen molar-refractivity contribution in [2.45, 2.75) is 6.92 Å². The van der Waals surface area contributed by atoms with Crippen LogP contribution >= 0.6 is 0 Å². The van der Waals surface area contributed by atoms with Gasteiger partial charge in [-0.3, -0.25) is 0 Å². The Hall–Kier alpha value is -2.30. The molecule has 0 aliphatic rings. The monoisotopic (exact) mass is 235 g/mol. The number of carboxylic acid groups (broad SMARTS) is 1. The highest BCUT2D eigenvalue weighted by atomic mass is 16.5. The second-order valence-corrected chi connectivity index (χ2v) is 3.38. The van der Waals surface area contributed by atoms with Gasteiger partial charge in [0.1, 0.15) is 17.1 Å². The first-order chi connectivity index (χ1) is 7.97. The van der Waals surface area contributed by atoms with Crippen LogP contribution in [0.4, 0.5) is 0 Å². The van der Waals surface area contributed by atoms with Gasteiger partial charge < -0.3 is 20.4 Å². The molecule has 1 aromatic carbocycles. The zero-order valence-electron chi connectivity index (χ0n) is 9.52. The van der Waals surface area contributed by atoms with Crippen molar-refractivity contribution >= 4 is 17.4 Å². The van der Waals surface area contributed by atoms with Gasteiger partial charge in [-0.1, -0.05) is 0 Å². The summed E-state index contributed by atoms with van der Waals surface area (Å²) < 4.78 is 4.95. The first-order valence-corrected chi connectivity index (χ1v) is 4.84. The van der Waals surface area contributed by atoms with Crippen LogP contribution in [0.3, 0.4) is 0 Å². The van der Waals surface area contributed by atoms with Crippen molar-refractivity contribution in [1.29, 1.82) is 5.41 Å². The SMILES string of the molecule is COc1ccc(/C(O)=C(/C(C)=N)C(=O)O)cc1. The van der Waals surface area contributed by atoms with E-state index in [2.05, 4.69) is 0 Å². The number of benzene rings is 1. The van der Waals surface area contributed by atoms with Gasteiger partial charge in [-0.15, -0.1) is 0 Å². The maximum Gasteiger partial charge on any atom is 0.341 e. The fourth-order valence-corrected chi connectivity index (χ4v) is 1.33. The predicted molar refractivity (Wildman–Crippen MR) is 63.6 cm³/mol. The smallest absolute Gasteiger partial charge is 0.341 e. The molecule has 0 fully saturated rings. The molecule has 0 saturated heterocycles. The van der Waals surface area contributed by atoms with E-state index >= 15 is 0 Å². The quantitative estimate of drug-likeness (QED) is 0.423. The van der Waals surface area contributed by atoms with Gasteiger partial charge in [0.05, 0.1) is 7.11 Å². The molecule has 0 atom stereocenters. The molecule has 0 aliphatic carbocycles. The lowest BCUT2D eigenvalue weighted by Crippen LogP contribution is -2.11. The summed E-state index contributed by atoms with van der Waals surface area (Å²) in [7, 11) is 1.51. The molecule has 0 heterocycles. The first kappa shape index (κ1) is 12.8. The summed E-state index contributed by atoms with van der Waals surface area (Å²) >= 11 is 0. The molecule has 0 bridgehead atoms. The molecule has 1 rings (SSSR count). The normalized spacial score (nSPS) is 11.6. The van der Waals surface area contributed by atoms with E-state index < -0.39 is 17.3 Å². The van der Waals surface area contributed by atoms with Crippen molar-refractivity contribution in [3.05, 3.63) is 35.4 Å².